The fraction of sp³-hybridized carbons (Fsp3) is 0.455. The van der Waals surface area contributed by atoms with Gasteiger partial charge in [0.05, 0.1) is 5.60 Å². The second-order valence-corrected chi connectivity index (χ2v) is 7.96. The van der Waals surface area contributed by atoms with E-state index < -0.39 is 0 Å². The first-order chi connectivity index (χ1) is 12.8. The van der Waals surface area contributed by atoms with Crippen molar-refractivity contribution in [2.45, 2.75) is 51.0 Å². The molecule has 2 aromatic rings. The highest BCUT2D eigenvalue weighted by atomic mass is 16.5. The van der Waals surface area contributed by atoms with E-state index in [2.05, 4.69) is 43.4 Å². The first kappa shape index (κ1) is 19.4. The molecule has 1 atom stereocenters. The number of nitrogens with one attached hydrogen (secondary N) is 1. The monoisotopic (exact) mass is 369 g/mol. The standard InChI is InChI=1S/C22H27NO4/c1-16-13-18(24)14-19(27-16)20(25)23-11-9-22(17-7-5-4-6-8-17)10-12-26-21(2,3)15-22/h4-8,13-14H,9-12,15H2,1-3H3,(H,23,25). The fourth-order valence-corrected chi connectivity index (χ4v) is 4.09. The van der Waals surface area contributed by atoms with Gasteiger partial charge in [-0.2, -0.15) is 0 Å². The molecular weight excluding hydrogens is 342 g/mol. The maximum absolute atomic E-state index is 12.4. The molecule has 1 N–H and O–H groups in total. The van der Waals surface area contributed by atoms with Gasteiger partial charge in [0.1, 0.15) is 5.76 Å². The quantitative estimate of drug-likeness (QED) is 0.874. The molecule has 1 aliphatic rings. The number of benzene rings is 1. The zero-order valence-electron chi connectivity index (χ0n) is 16.2. The minimum absolute atomic E-state index is 0.0519. The van der Waals surface area contributed by atoms with Crippen LogP contribution in [0.2, 0.25) is 0 Å². The van der Waals surface area contributed by atoms with Gasteiger partial charge in [-0.25, -0.2) is 0 Å². The van der Waals surface area contributed by atoms with Crippen LogP contribution in [0.5, 0.6) is 0 Å². The summed E-state index contributed by atoms with van der Waals surface area (Å²) in [5.74, 6) is 0.131. The maximum Gasteiger partial charge on any atom is 0.287 e. The van der Waals surface area contributed by atoms with Gasteiger partial charge in [-0.1, -0.05) is 30.3 Å². The minimum Gasteiger partial charge on any atom is -0.456 e. The third kappa shape index (κ3) is 4.66. The van der Waals surface area contributed by atoms with Gasteiger partial charge in [0.15, 0.2) is 11.2 Å². The van der Waals surface area contributed by atoms with E-state index in [0.717, 1.165) is 19.3 Å². The second kappa shape index (κ2) is 7.69. The van der Waals surface area contributed by atoms with E-state index in [4.69, 9.17) is 9.15 Å². The smallest absolute Gasteiger partial charge is 0.287 e. The van der Waals surface area contributed by atoms with Crippen molar-refractivity contribution < 1.29 is 13.9 Å². The first-order valence-corrected chi connectivity index (χ1v) is 9.39. The Labute approximate surface area is 159 Å². The fourth-order valence-electron chi connectivity index (χ4n) is 4.09. The van der Waals surface area contributed by atoms with Crippen molar-refractivity contribution in [3.63, 3.8) is 0 Å². The molecule has 2 heterocycles. The summed E-state index contributed by atoms with van der Waals surface area (Å²) in [6.07, 6.45) is 2.60. The molecule has 1 amide bonds. The average molecular weight is 369 g/mol. The van der Waals surface area contributed by atoms with Gasteiger partial charge in [0, 0.05) is 30.7 Å². The summed E-state index contributed by atoms with van der Waals surface area (Å²) in [7, 11) is 0. The highest BCUT2D eigenvalue weighted by Gasteiger charge is 2.41. The van der Waals surface area contributed by atoms with E-state index in [0.29, 0.717) is 18.9 Å². The van der Waals surface area contributed by atoms with Crippen LogP contribution in [-0.2, 0) is 10.2 Å². The molecule has 0 saturated carbocycles. The van der Waals surface area contributed by atoms with Crippen molar-refractivity contribution in [2.75, 3.05) is 13.2 Å². The third-order valence-corrected chi connectivity index (χ3v) is 5.23. The van der Waals surface area contributed by atoms with Crippen LogP contribution < -0.4 is 10.7 Å². The van der Waals surface area contributed by atoms with Crippen molar-refractivity contribution >= 4 is 5.91 Å². The lowest BCUT2D eigenvalue weighted by molar-refractivity contribution is -0.0838. The molecule has 0 bridgehead atoms. The Balaban J connectivity index is 1.74. The van der Waals surface area contributed by atoms with Crippen molar-refractivity contribution in [3.8, 4) is 0 Å². The highest BCUT2D eigenvalue weighted by Crippen LogP contribution is 2.43. The Morgan fingerprint density at radius 2 is 1.93 bits per heavy atom. The van der Waals surface area contributed by atoms with E-state index in [-0.39, 0.29) is 28.1 Å². The van der Waals surface area contributed by atoms with Crippen molar-refractivity contribution in [1.29, 1.82) is 0 Å². The highest BCUT2D eigenvalue weighted by molar-refractivity contribution is 5.91. The van der Waals surface area contributed by atoms with E-state index in [1.807, 2.05) is 6.07 Å². The molecule has 1 aliphatic heterocycles. The van der Waals surface area contributed by atoms with Gasteiger partial charge in [0.2, 0.25) is 0 Å². The van der Waals surface area contributed by atoms with Crippen LogP contribution in [0.1, 0.15) is 55.0 Å². The summed E-state index contributed by atoms with van der Waals surface area (Å²) in [6.45, 7) is 7.09. The number of ether oxygens (including phenoxy) is 1. The molecular formula is C22H27NO4. The van der Waals surface area contributed by atoms with Gasteiger partial charge in [0.25, 0.3) is 5.91 Å². The Kier molecular flexibility index (Phi) is 5.51. The minimum atomic E-state index is -0.356. The maximum atomic E-state index is 12.4. The molecule has 1 unspecified atom stereocenters. The SMILES string of the molecule is Cc1cc(=O)cc(C(=O)NCCC2(c3ccccc3)CCOC(C)(C)C2)o1. The summed E-state index contributed by atoms with van der Waals surface area (Å²) < 4.78 is 11.3. The van der Waals surface area contributed by atoms with Gasteiger partial charge in [-0.3, -0.25) is 9.59 Å². The molecule has 5 heteroatoms. The molecule has 1 fully saturated rings. The molecule has 0 radical (unpaired) electrons. The zero-order valence-corrected chi connectivity index (χ0v) is 16.2. The van der Waals surface area contributed by atoms with Crippen LogP contribution in [0.25, 0.3) is 0 Å². The second-order valence-electron chi connectivity index (χ2n) is 7.96. The Bertz CT molecular complexity index is 856. The van der Waals surface area contributed by atoms with Crippen molar-refractivity contribution in [1.82, 2.24) is 5.32 Å². The lowest BCUT2D eigenvalue weighted by Crippen LogP contribution is -2.45. The van der Waals surface area contributed by atoms with Gasteiger partial charge in [-0.15, -0.1) is 0 Å². The van der Waals surface area contributed by atoms with E-state index in [1.54, 1.807) is 6.92 Å². The lowest BCUT2D eigenvalue weighted by Gasteiger charge is -2.45. The van der Waals surface area contributed by atoms with E-state index in [1.165, 1.54) is 17.7 Å². The van der Waals surface area contributed by atoms with Crippen molar-refractivity contribution in [3.05, 3.63) is 69.8 Å². The topological polar surface area (TPSA) is 68.5 Å². The van der Waals surface area contributed by atoms with Gasteiger partial charge < -0.3 is 14.5 Å². The van der Waals surface area contributed by atoms with Gasteiger partial charge in [-0.05, 0) is 45.6 Å². The number of rotatable bonds is 5. The number of hydrogen-bond acceptors (Lipinski definition) is 4. The molecule has 27 heavy (non-hydrogen) atoms. The molecule has 1 aromatic heterocycles. The average Bonchev–Trinajstić information content (AvgIpc) is 2.61. The molecule has 0 aliphatic carbocycles. The third-order valence-electron chi connectivity index (χ3n) is 5.23. The Hall–Kier alpha value is -2.40. The number of carbonyl (C=O) groups is 1. The molecule has 3 rings (SSSR count). The largest absolute Gasteiger partial charge is 0.456 e. The normalized spacial score (nSPS) is 21.6. The Morgan fingerprint density at radius 3 is 2.59 bits per heavy atom. The van der Waals surface area contributed by atoms with Crippen LogP contribution in [-0.4, -0.2) is 24.7 Å². The summed E-state index contributed by atoms with van der Waals surface area (Å²) in [6, 6.07) is 13.0. The molecule has 5 nitrogen and oxygen atoms in total. The summed E-state index contributed by atoms with van der Waals surface area (Å²) >= 11 is 0. The number of hydrogen-bond donors (Lipinski definition) is 1. The molecule has 1 aromatic carbocycles. The molecule has 0 spiro atoms. The van der Waals surface area contributed by atoms with Crippen LogP contribution in [0, 0.1) is 6.92 Å². The summed E-state index contributed by atoms with van der Waals surface area (Å²) in [5.41, 5.74) is 0.791. The molecule has 1 saturated heterocycles. The summed E-state index contributed by atoms with van der Waals surface area (Å²) in [4.78, 5) is 24.0. The number of carbonyl (C=O) groups excluding carboxylic acids is 1. The van der Waals surface area contributed by atoms with Gasteiger partial charge >= 0.3 is 0 Å². The van der Waals surface area contributed by atoms with E-state index >= 15 is 0 Å². The summed E-state index contributed by atoms with van der Waals surface area (Å²) in [5, 5.41) is 2.91. The zero-order chi connectivity index (χ0) is 19.5. The lowest BCUT2D eigenvalue weighted by atomic mass is 9.67. The predicted octanol–water partition coefficient (Wildman–Crippen LogP) is 3.60. The van der Waals surface area contributed by atoms with Crippen LogP contribution >= 0.6 is 0 Å². The molecule has 144 valence electrons. The van der Waals surface area contributed by atoms with Crippen LogP contribution in [0.4, 0.5) is 0 Å². The number of aryl methyl sites for hydroxylation is 1. The predicted molar refractivity (Wildman–Crippen MR) is 104 cm³/mol. The van der Waals surface area contributed by atoms with Crippen molar-refractivity contribution in [2.24, 2.45) is 0 Å². The van der Waals surface area contributed by atoms with E-state index in [9.17, 15) is 9.59 Å². The Morgan fingerprint density at radius 1 is 1.19 bits per heavy atom. The number of amides is 1. The van der Waals surface area contributed by atoms with Crippen LogP contribution in [0.15, 0.2) is 51.7 Å². The van der Waals surface area contributed by atoms with Crippen LogP contribution in [0.3, 0.4) is 0 Å². The first-order valence-electron chi connectivity index (χ1n) is 9.39.